The van der Waals surface area contributed by atoms with Gasteiger partial charge in [-0.2, -0.15) is 0 Å². The maximum Gasteiger partial charge on any atom is 0.315 e. The zero-order valence-electron chi connectivity index (χ0n) is 15.1. The fraction of sp³-hybridized carbons (Fsp3) is 0.381. The van der Waals surface area contributed by atoms with Gasteiger partial charge in [-0.3, -0.25) is 0 Å². The number of benzene rings is 2. The molecule has 27 heavy (non-hydrogen) atoms. The molecule has 2 aromatic carbocycles. The van der Waals surface area contributed by atoms with Gasteiger partial charge in [0.1, 0.15) is 11.6 Å². The van der Waals surface area contributed by atoms with E-state index < -0.39 is 11.6 Å². The summed E-state index contributed by atoms with van der Waals surface area (Å²) in [6.45, 7) is 0.505. The molecule has 1 atom stereocenters. The van der Waals surface area contributed by atoms with E-state index in [4.69, 9.17) is 5.73 Å². The summed E-state index contributed by atoms with van der Waals surface area (Å²) in [7, 11) is 0. The molecular weight excluding hydrogens is 348 g/mol. The van der Waals surface area contributed by atoms with Gasteiger partial charge in [-0.15, -0.1) is 0 Å². The molecular formula is C21H25F2N3O. The van der Waals surface area contributed by atoms with Crippen molar-refractivity contribution in [2.75, 3.05) is 6.54 Å². The molecule has 144 valence electrons. The van der Waals surface area contributed by atoms with Gasteiger partial charge in [-0.05, 0) is 54.9 Å². The van der Waals surface area contributed by atoms with Crippen LogP contribution in [0.4, 0.5) is 13.6 Å². The van der Waals surface area contributed by atoms with Crippen molar-refractivity contribution in [3.8, 4) is 0 Å². The summed E-state index contributed by atoms with van der Waals surface area (Å²) >= 11 is 0. The molecule has 2 aromatic rings. The molecule has 6 heteroatoms. The summed E-state index contributed by atoms with van der Waals surface area (Å²) in [6, 6.07) is 13.4. The first-order valence-electron chi connectivity index (χ1n) is 9.29. The van der Waals surface area contributed by atoms with Gasteiger partial charge in [0.05, 0.1) is 0 Å². The summed E-state index contributed by atoms with van der Waals surface area (Å²) in [5.41, 5.74) is 7.94. The average Bonchev–Trinajstić information content (AvgIpc) is 2.57. The molecule has 0 saturated heterocycles. The maximum atomic E-state index is 13.3. The Hall–Kier alpha value is -2.47. The lowest BCUT2D eigenvalue weighted by Crippen LogP contribution is -2.48. The zero-order chi connectivity index (χ0) is 19.2. The Balaban J connectivity index is 1.32. The molecule has 4 nitrogen and oxygen atoms in total. The maximum absolute atomic E-state index is 13.3. The second-order valence-corrected chi connectivity index (χ2v) is 7.21. The minimum absolute atomic E-state index is 0.0105. The van der Waals surface area contributed by atoms with Gasteiger partial charge in [0.15, 0.2) is 0 Å². The number of carbonyl (C=O) groups excluding carboxylic acids is 1. The topological polar surface area (TPSA) is 67.1 Å². The van der Waals surface area contributed by atoms with E-state index in [0.717, 1.165) is 12.5 Å². The first-order chi connectivity index (χ1) is 13.0. The van der Waals surface area contributed by atoms with Crippen molar-refractivity contribution < 1.29 is 13.6 Å². The lowest BCUT2D eigenvalue weighted by atomic mass is 9.76. The van der Waals surface area contributed by atoms with Crippen molar-refractivity contribution in [2.45, 2.75) is 43.7 Å². The van der Waals surface area contributed by atoms with Crippen molar-refractivity contribution in [3.05, 3.63) is 71.3 Å². The third-order valence-corrected chi connectivity index (χ3v) is 4.97. The third-order valence-electron chi connectivity index (χ3n) is 4.97. The van der Waals surface area contributed by atoms with Crippen LogP contribution in [0.15, 0.2) is 48.5 Å². The number of urea groups is 1. The van der Waals surface area contributed by atoms with Crippen LogP contribution < -0.4 is 16.4 Å². The van der Waals surface area contributed by atoms with E-state index in [0.29, 0.717) is 31.4 Å². The Labute approximate surface area is 158 Å². The number of carbonyl (C=O) groups is 1. The Morgan fingerprint density at radius 2 is 1.78 bits per heavy atom. The molecule has 1 saturated carbocycles. The highest BCUT2D eigenvalue weighted by Crippen LogP contribution is 2.37. The van der Waals surface area contributed by atoms with Crippen LogP contribution in [0.5, 0.6) is 0 Å². The molecule has 1 unspecified atom stereocenters. The summed E-state index contributed by atoms with van der Waals surface area (Å²) in [5.74, 6) is -1.04. The van der Waals surface area contributed by atoms with Crippen LogP contribution in [0.2, 0.25) is 0 Å². The normalized spacial score (nSPS) is 19.8. The second kappa shape index (κ2) is 8.95. The van der Waals surface area contributed by atoms with E-state index in [1.54, 1.807) is 0 Å². The summed E-state index contributed by atoms with van der Waals surface area (Å²) < 4.78 is 26.5. The lowest BCUT2D eigenvalue weighted by molar-refractivity contribution is 0.222. The zero-order valence-corrected chi connectivity index (χ0v) is 15.1. The van der Waals surface area contributed by atoms with Gasteiger partial charge < -0.3 is 16.4 Å². The van der Waals surface area contributed by atoms with E-state index in [9.17, 15) is 13.6 Å². The Kier molecular flexibility index (Phi) is 6.40. The predicted molar refractivity (Wildman–Crippen MR) is 101 cm³/mol. The fourth-order valence-electron chi connectivity index (χ4n) is 3.45. The van der Waals surface area contributed by atoms with Crippen molar-refractivity contribution in [1.29, 1.82) is 0 Å². The van der Waals surface area contributed by atoms with E-state index in [1.807, 2.05) is 30.3 Å². The number of rotatable bonds is 7. The summed E-state index contributed by atoms with van der Waals surface area (Å²) in [6.07, 6.45) is 2.84. The van der Waals surface area contributed by atoms with Gasteiger partial charge in [0.2, 0.25) is 0 Å². The minimum atomic E-state index is -0.564. The predicted octanol–water partition coefficient (Wildman–Crippen LogP) is 3.47. The molecule has 4 N–H and O–H groups in total. The monoisotopic (exact) mass is 373 g/mol. The van der Waals surface area contributed by atoms with Crippen LogP contribution in [0.25, 0.3) is 0 Å². The van der Waals surface area contributed by atoms with Crippen LogP contribution in [-0.4, -0.2) is 24.7 Å². The molecule has 0 spiro atoms. The molecule has 0 bridgehead atoms. The molecule has 1 fully saturated rings. The number of nitrogens with two attached hydrogens (primary N) is 1. The van der Waals surface area contributed by atoms with Crippen molar-refractivity contribution >= 4 is 6.03 Å². The Morgan fingerprint density at radius 1 is 1.11 bits per heavy atom. The van der Waals surface area contributed by atoms with Gasteiger partial charge >= 0.3 is 6.03 Å². The molecule has 1 aliphatic rings. The number of halogens is 2. The van der Waals surface area contributed by atoms with Crippen molar-refractivity contribution in [3.63, 3.8) is 0 Å². The van der Waals surface area contributed by atoms with E-state index >= 15 is 0 Å². The average molecular weight is 373 g/mol. The Bertz CT molecular complexity index is 743. The van der Waals surface area contributed by atoms with E-state index in [2.05, 4.69) is 10.6 Å². The highest BCUT2D eigenvalue weighted by molar-refractivity contribution is 5.74. The quantitative estimate of drug-likeness (QED) is 0.696. The van der Waals surface area contributed by atoms with E-state index in [-0.39, 0.29) is 24.0 Å². The SMILES string of the molecule is NC(CCNC(=O)NC1CC(c2cc(F)cc(F)c2)C1)Cc1ccccc1. The van der Waals surface area contributed by atoms with Gasteiger partial charge in [0, 0.05) is 24.7 Å². The molecule has 3 rings (SSSR count). The molecule has 0 aromatic heterocycles. The molecule has 1 aliphatic carbocycles. The summed E-state index contributed by atoms with van der Waals surface area (Å²) in [5, 5.41) is 5.71. The van der Waals surface area contributed by atoms with Crippen LogP contribution >= 0.6 is 0 Å². The van der Waals surface area contributed by atoms with Crippen LogP contribution in [0.3, 0.4) is 0 Å². The van der Waals surface area contributed by atoms with Gasteiger partial charge in [0.25, 0.3) is 0 Å². The minimum Gasteiger partial charge on any atom is -0.338 e. The number of hydrogen-bond acceptors (Lipinski definition) is 2. The molecule has 0 aliphatic heterocycles. The van der Waals surface area contributed by atoms with Crippen molar-refractivity contribution in [2.24, 2.45) is 5.73 Å². The van der Waals surface area contributed by atoms with Crippen LogP contribution in [0.1, 0.15) is 36.3 Å². The Morgan fingerprint density at radius 3 is 2.44 bits per heavy atom. The van der Waals surface area contributed by atoms with Crippen molar-refractivity contribution in [1.82, 2.24) is 10.6 Å². The first-order valence-corrected chi connectivity index (χ1v) is 9.29. The highest BCUT2D eigenvalue weighted by atomic mass is 19.1. The second-order valence-electron chi connectivity index (χ2n) is 7.21. The smallest absolute Gasteiger partial charge is 0.315 e. The first kappa shape index (κ1) is 19.3. The standard InChI is InChI=1S/C21H25F2N3O/c22-17-9-15(10-18(23)13-17)16-11-20(12-16)26-21(27)25-7-6-19(24)8-14-4-2-1-3-5-14/h1-5,9-10,13,16,19-20H,6-8,11-12,24H2,(H2,25,26,27). The largest absolute Gasteiger partial charge is 0.338 e. The van der Waals surface area contributed by atoms with Gasteiger partial charge in [-0.25, -0.2) is 13.6 Å². The summed E-state index contributed by atoms with van der Waals surface area (Å²) in [4.78, 5) is 12.0. The van der Waals surface area contributed by atoms with Crippen LogP contribution in [0, 0.1) is 11.6 Å². The third kappa shape index (κ3) is 5.76. The van der Waals surface area contributed by atoms with Crippen LogP contribution in [-0.2, 0) is 6.42 Å². The lowest BCUT2D eigenvalue weighted by Gasteiger charge is -2.36. The molecule has 0 radical (unpaired) electrons. The number of nitrogens with one attached hydrogen (secondary N) is 2. The van der Waals surface area contributed by atoms with E-state index in [1.165, 1.54) is 17.7 Å². The molecule has 2 amide bonds. The molecule has 0 heterocycles. The highest BCUT2D eigenvalue weighted by Gasteiger charge is 2.31. The number of amides is 2. The fourth-order valence-corrected chi connectivity index (χ4v) is 3.45. The van der Waals surface area contributed by atoms with Gasteiger partial charge in [-0.1, -0.05) is 30.3 Å². The number of hydrogen-bond donors (Lipinski definition) is 3.